The van der Waals surface area contributed by atoms with E-state index in [1.807, 2.05) is 25.3 Å². The SMILES string of the molecule is C/N=C/N(C)SC1CCCCC1. The highest BCUT2D eigenvalue weighted by atomic mass is 32.2. The van der Waals surface area contributed by atoms with E-state index >= 15 is 0 Å². The molecule has 70 valence electrons. The van der Waals surface area contributed by atoms with Crippen molar-refractivity contribution in [3.05, 3.63) is 0 Å². The Hall–Kier alpha value is -0.180. The quantitative estimate of drug-likeness (QED) is 0.382. The van der Waals surface area contributed by atoms with Gasteiger partial charge in [0.25, 0.3) is 0 Å². The van der Waals surface area contributed by atoms with E-state index in [9.17, 15) is 0 Å². The van der Waals surface area contributed by atoms with Crippen LogP contribution < -0.4 is 0 Å². The maximum absolute atomic E-state index is 3.98. The van der Waals surface area contributed by atoms with Crippen LogP contribution in [0.4, 0.5) is 0 Å². The maximum Gasteiger partial charge on any atom is 0.0943 e. The first-order chi connectivity index (χ1) is 5.83. The third-order valence-electron chi connectivity index (χ3n) is 2.15. The molecule has 12 heavy (non-hydrogen) atoms. The molecule has 0 aromatic heterocycles. The summed E-state index contributed by atoms with van der Waals surface area (Å²) in [4.78, 5) is 3.98. The zero-order valence-electron chi connectivity index (χ0n) is 7.99. The molecule has 1 rings (SSSR count). The Labute approximate surface area is 79.6 Å². The second-order valence-corrected chi connectivity index (χ2v) is 4.74. The Morgan fingerprint density at radius 3 is 2.58 bits per heavy atom. The average Bonchev–Trinajstić information content (AvgIpc) is 2.06. The zero-order valence-corrected chi connectivity index (χ0v) is 8.81. The minimum absolute atomic E-state index is 0.835. The molecular weight excluding hydrogens is 168 g/mol. The summed E-state index contributed by atoms with van der Waals surface area (Å²) in [6.07, 6.45) is 8.91. The molecule has 0 heterocycles. The Morgan fingerprint density at radius 1 is 1.33 bits per heavy atom. The molecule has 0 aromatic rings. The lowest BCUT2D eigenvalue weighted by Crippen LogP contribution is -2.16. The molecule has 0 unspecified atom stereocenters. The van der Waals surface area contributed by atoms with E-state index in [4.69, 9.17) is 0 Å². The van der Waals surface area contributed by atoms with Crippen molar-refractivity contribution in [3.63, 3.8) is 0 Å². The first kappa shape index (κ1) is 9.90. The minimum atomic E-state index is 0.835. The molecule has 0 spiro atoms. The second-order valence-electron chi connectivity index (χ2n) is 3.29. The summed E-state index contributed by atoms with van der Waals surface area (Å²) < 4.78 is 2.12. The van der Waals surface area contributed by atoms with Crippen molar-refractivity contribution in [2.75, 3.05) is 14.1 Å². The fraction of sp³-hybridized carbons (Fsp3) is 0.889. The van der Waals surface area contributed by atoms with Crippen molar-refractivity contribution in [1.29, 1.82) is 0 Å². The molecule has 0 amide bonds. The average molecular weight is 186 g/mol. The topological polar surface area (TPSA) is 15.6 Å². The highest BCUT2D eigenvalue weighted by Gasteiger charge is 2.14. The van der Waals surface area contributed by atoms with Crippen LogP contribution in [0.5, 0.6) is 0 Å². The van der Waals surface area contributed by atoms with Crippen LogP contribution in [0.1, 0.15) is 32.1 Å². The molecule has 0 saturated heterocycles. The molecule has 3 heteroatoms. The molecule has 0 radical (unpaired) electrons. The van der Waals surface area contributed by atoms with Crippen LogP contribution in [0, 0.1) is 0 Å². The van der Waals surface area contributed by atoms with Crippen LogP contribution in [-0.4, -0.2) is 30.0 Å². The monoisotopic (exact) mass is 186 g/mol. The standard InChI is InChI=1S/C9H18N2S/c1-10-8-11(2)12-9-6-4-3-5-7-9/h8-9H,3-7H2,1-2H3/b10-8+. The van der Waals surface area contributed by atoms with Gasteiger partial charge in [-0.25, -0.2) is 0 Å². The lowest BCUT2D eigenvalue weighted by Gasteiger charge is -2.24. The van der Waals surface area contributed by atoms with Gasteiger partial charge in [-0.1, -0.05) is 19.3 Å². The van der Waals surface area contributed by atoms with Gasteiger partial charge in [-0.05, 0) is 24.8 Å². The number of hydrogen-bond donors (Lipinski definition) is 0. The second kappa shape index (κ2) is 5.46. The van der Waals surface area contributed by atoms with Crippen molar-refractivity contribution in [2.45, 2.75) is 37.4 Å². The summed E-state index contributed by atoms with van der Waals surface area (Å²) in [7, 11) is 3.89. The molecule has 1 aliphatic rings. The number of hydrogen-bond acceptors (Lipinski definition) is 2. The molecule has 1 saturated carbocycles. The van der Waals surface area contributed by atoms with Crippen LogP contribution in [0.25, 0.3) is 0 Å². The molecule has 0 aliphatic heterocycles. The predicted molar refractivity (Wildman–Crippen MR) is 56.6 cm³/mol. The van der Waals surface area contributed by atoms with Gasteiger partial charge < -0.3 is 4.31 Å². The van der Waals surface area contributed by atoms with E-state index < -0.39 is 0 Å². The van der Waals surface area contributed by atoms with Crippen molar-refractivity contribution < 1.29 is 0 Å². The van der Waals surface area contributed by atoms with E-state index in [-0.39, 0.29) is 0 Å². The Kier molecular flexibility index (Phi) is 4.51. The van der Waals surface area contributed by atoms with Crippen molar-refractivity contribution in [1.82, 2.24) is 4.31 Å². The molecule has 0 aromatic carbocycles. The summed E-state index contributed by atoms with van der Waals surface area (Å²) >= 11 is 1.93. The van der Waals surface area contributed by atoms with E-state index in [1.165, 1.54) is 32.1 Å². The Balaban J connectivity index is 2.19. The highest BCUT2D eigenvalue weighted by molar-refractivity contribution is 7.98. The van der Waals surface area contributed by atoms with Gasteiger partial charge >= 0.3 is 0 Å². The largest absolute Gasteiger partial charge is 0.310 e. The van der Waals surface area contributed by atoms with Crippen molar-refractivity contribution in [2.24, 2.45) is 4.99 Å². The first-order valence-electron chi connectivity index (χ1n) is 4.65. The van der Waals surface area contributed by atoms with E-state index in [1.54, 1.807) is 0 Å². The summed E-state index contributed by atoms with van der Waals surface area (Å²) in [6.45, 7) is 0. The summed E-state index contributed by atoms with van der Waals surface area (Å²) in [6, 6.07) is 0. The third-order valence-corrected chi connectivity index (χ3v) is 3.34. The van der Waals surface area contributed by atoms with Gasteiger partial charge in [0.05, 0.1) is 6.34 Å². The lowest BCUT2D eigenvalue weighted by atomic mass is 10.0. The third kappa shape index (κ3) is 3.48. The van der Waals surface area contributed by atoms with Gasteiger partial charge in [-0.2, -0.15) is 0 Å². The molecular formula is C9H18N2S. The van der Waals surface area contributed by atoms with Gasteiger partial charge in [-0.15, -0.1) is 0 Å². The predicted octanol–water partition coefficient (Wildman–Crippen LogP) is 2.56. The molecule has 0 N–H and O–H groups in total. The summed E-state index contributed by atoms with van der Waals surface area (Å²) in [5.41, 5.74) is 0. The molecule has 1 fully saturated rings. The lowest BCUT2D eigenvalue weighted by molar-refractivity contribution is 0.512. The molecule has 1 aliphatic carbocycles. The van der Waals surface area contributed by atoms with Gasteiger partial charge in [0, 0.05) is 19.3 Å². The Morgan fingerprint density at radius 2 is 2.00 bits per heavy atom. The van der Waals surface area contributed by atoms with Gasteiger partial charge in [0.15, 0.2) is 0 Å². The van der Waals surface area contributed by atoms with Crippen LogP contribution in [0.3, 0.4) is 0 Å². The zero-order chi connectivity index (χ0) is 8.81. The van der Waals surface area contributed by atoms with Crippen LogP contribution in [0.15, 0.2) is 4.99 Å². The van der Waals surface area contributed by atoms with Gasteiger partial charge in [0.1, 0.15) is 0 Å². The van der Waals surface area contributed by atoms with Crippen LogP contribution >= 0.6 is 11.9 Å². The maximum atomic E-state index is 3.98. The van der Waals surface area contributed by atoms with E-state index in [2.05, 4.69) is 16.3 Å². The van der Waals surface area contributed by atoms with Crippen molar-refractivity contribution in [3.8, 4) is 0 Å². The van der Waals surface area contributed by atoms with Gasteiger partial charge in [0.2, 0.25) is 0 Å². The number of aliphatic imine (C=N–C) groups is 1. The Bertz CT molecular complexity index is 141. The fourth-order valence-electron chi connectivity index (χ4n) is 1.60. The molecule has 0 atom stereocenters. The minimum Gasteiger partial charge on any atom is -0.310 e. The number of rotatable bonds is 3. The summed E-state index contributed by atoms with van der Waals surface area (Å²) in [5.74, 6) is 0. The fourth-order valence-corrected chi connectivity index (χ4v) is 2.76. The molecule has 2 nitrogen and oxygen atoms in total. The van der Waals surface area contributed by atoms with E-state index in [0.717, 1.165) is 5.25 Å². The van der Waals surface area contributed by atoms with Crippen LogP contribution in [-0.2, 0) is 0 Å². The smallest absolute Gasteiger partial charge is 0.0943 e. The van der Waals surface area contributed by atoms with Crippen LogP contribution in [0.2, 0.25) is 0 Å². The van der Waals surface area contributed by atoms with Crippen molar-refractivity contribution >= 4 is 18.3 Å². The van der Waals surface area contributed by atoms with Gasteiger partial charge in [-0.3, -0.25) is 4.99 Å². The molecule has 0 bridgehead atoms. The highest BCUT2D eigenvalue weighted by Crippen LogP contribution is 2.28. The summed E-state index contributed by atoms with van der Waals surface area (Å²) in [5, 5.41) is 0.835. The van der Waals surface area contributed by atoms with E-state index in [0.29, 0.717) is 0 Å². The first-order valence-corrected chi connectivity index (χ1v) is 5.48. The normalized spacial score (nSPS) is 20.2. The number of nitrogens with zero attached hydrogens (tertiary/aromatic N) is 2.